The average Bonchev–Trinajstić information content (AvgIpc) is 3.18. The van der Waals surface area contributed by atoms with Crippen LogP contribution in [0.25, 0.3) is 11.0 Å². The maximum Gasteiger partial charge on any atom is 0.194 e. The zero-order valence-corrected chi connectivity index (χ0v) is 17.5. The van der Waals surface area contributed by atoms with Gasteiger partial charge in [0.2, 0.25) is 0 Å². The maximum absolute atomic E-state index is 6.65. The van der Waals surface area contributed by atoms with Crippen molar-refractivity contribution >= 4 is 40.1 Å². The lowest BCUT2D eigenvalue weighted by atomic mass is 9.78. The summed E-state index contributed by atoms with van der Waals surface area (Å²) in [6.45, 7) is 4.91. The third-order valence-electron chi connectivity index (χ3n) is 5.75. The molecule has 5 nitrogen and oxygen atoms in total. The summed E-state index contributed by atoms with van der Waals surface area (Å²) in [6, 6.07) is 6.73. The van der Waals surface area contributed by atoms with E-state index in [2.05, 4.69) is 42.0 Å². The van der Waals surface area contributed by atoms with Gasteiger partial charge in [0.05, 0.1) is 22.6 Å². The van der Waals surface area contributed by atoms with Crippen LogP contribution in [0.3, 0.4) is 0 Å². The summed E-state index contributed by atoms with van der Waals surface area (Å²) < 4.78 is 0. The van der Waals surface area contributed by atoms with Crippen LogP contribution in [0.2, 0.25) is 5.02 Å². The van der Waals surface area contributed by atoms with Crippen molar-refractivity contribution in [2.45, 2.75) is 61.7 Å². The molecule has 3 N–H and O–H groups in total. The van der Waals surface area contributed by atoms with E-state index < -0.39 is 0 Å². The summed E-state index contributed by atoms with van der Waals surface area (Å²) in [6.07, 6.45) is 2.74. The highest BCUT2D eigenvalue weighted by Crippen LogP contribution is 2.42. The Hall–Kier alpha value is -1.89. The number of fused-ring (bicyclic) bond motifs is 2. The summed E-state index contributed by atoms with van der Waals surface area (Å²) in [5.41, 5.74) is 12.6. The number of H-pyrrole nitrogens is 1. The predicted octanol–water partition coefficient (Wildman–Crippen LogP) is 4.85. The molecule has 0 saturated heterocycles. The Morgan fingerprint density at radius 2 is 2.11 bits per heavy atom. The Morgan fingerprint density at radius 1 is 1.29 bits per heavy atom. The van der Waals surface area contributed by atoms with E-state index in [1.165, 1.54) is 11.1 Å². The highest BCUT2D eigenvalue weighted by molar-refractivity contribution is 7.99. The van der Waals surface area contributed by atoms with Crippen LogP contribution in [0.4, 0.5) is 0 Å². The number of rotatable bonds is 4. The first-order valence-corrected chi connectivity index (χ1v) is 10.9. The molecule has 0 radical (unpaired) electrons. The van der Waals surface area contributed by atoms with E-state index in [0.717, 1.165) is 69.0 Å². The number of nitrogens with zero attached hydrogens (tertiary/aromatic N) is 3. The number of aromatic amines is 1. The highest BCUT2D eigenvalue weighted by atomic mass is 35.5. The van der Waals surface area contributed by atoms with Gasteiger partial charge in [-0.1, -0.05) is 24.6 Å². The zero-order chi connectivity index (χ0) is 19.4. The molecule has 1 saturated carbocycles. The van der Waals surface area contributed by atoms with E-state index >= 15 is 0 Å². The molecular formula is C21H22ClN5S. The first-order chi connectivity index (χ1) is 13.5. The number of nitrogens with two attached hydrogens (primary N) is 1. The van der Waals surface area contributed by atoms with Gasteiger partial charge in [0, 0.05) is 33.8 Å². The lowest BCUT2D eigenvalue weighted by Crippen LogP contribution is -2.35. The molecule has 5 rings (SSSR count). The normalized spacial score (nSPS) is 20.9. The van der Waals surface area contributed by atoms with Gasteiger partial charge in [-0.15, -0.1) is 0 Å². The standard InChI is InChI=1S/C21H22ClN5S/c1-3-16-18(22)17-19(11-6-13(23)7-11)26-21(27-20(17)25-16)28-14-4-5-15-10(2)24-9-12(15)8-14/h4-5,8,11,13H,3,6-7,9,23H2,1-2H3,(H,25,26,27). The first kappa shape index (κ1) is 18.2. The fourth-order valence-corrected chi connectivity index (χ4v) is 5.29. The van der Waals surface area contributed by atoms with Crippen LogP contribution < -0.4 is 5.73 Å². The maximum atomic E-state index is 6.65. The quantitative estimate of drug-likeness (QED) is 0.601. The Morgan fingerprint density at radius 3 is 2.86 bits per heavy atom. The molecule has 0 unspecified atom stereocenters. The van der Waals surface area contributed by atoms with Crippen LogP contribution in [0.15, 0.2) is 33.2 Å². The molecular weight excluding hydrogens is 390 g/mol. The molecule has 0 spiro atoms. The summed E-state index contributed by atoms with van der Waals surface area (Å²) in [4.78, 5) is 18.8. The average molecular weight is 412 g/mol. The molecule has 1 aliphatic heterocycles. The van der Waals surface area contributed by atoms with Gasteiger partial charge in [0.25, 0.3) is 0 Å². The van der Waals surface area contributed by atoms with E-state index in [-0.39, 0.29) is 6.04 Å². The van der Waals surface area contributed by atoms with Gasteiger partial charge in [0.1, 0.15) is 5.65 Å². The molecule has 0 atom stereocenters. The minimum absolute atomic E-state index is 0.259. The third kappa shape index (κ3) is 2.95. The van der Waals surface area contributed by atoms with Gasteiger partial charge in [-0.25, -0.2) is 9.97 Å². The van der Waals surface area contributed by atoms with Crippen molar-refractivity contribution in [1.29, 1.82) is 0 Å². The van der Waals surface area contributed by atoms with Crippen LogP contribution in [-0.4, -0.2) is 26.7 Å². The van der Waals surface area contributed by atoms with Crippen LogP contribution in [0.1, 0.15) is 55.1 Å². The van der Waals surface area contributed by atoms with E-state index in [1.807, 2.05) is 0 Å². The molecule has 0 amide bonds. The van der Waals surface area contributed by atoms with Gasteiger partial charge in [-0.2, -0.15) is 0 Å². The van der Waals surface area contributed by atoms with Crippen molar-refractivity contribution in [3.8, 4) is 0 Å². The zero-order valence-electron chi connectivity index (χ0n) is 15.9. The number of nitrogens with one attached hydrogen (secondary N) is 1. The molecule has 3 heterocycles. The molecule has 2 aliphatic rings. The molecule has 7 heteroatoms. The highest BCUT2D eigenvalue weighted by Gasteiger charge is 2.32. The Bertz CT molecular complexity index is 1110. The first-order valence-electron chi connectivity index (χ1n) is 9.69. The molecule has 144 valence electrons. The van der Waals surface area contributed by atoms with Crippen LogP contribution in [0, 0.1) is 0 Å². The molecule has 28 heavy (non-hydrogen) atoms. The van der Waals surface area contributed by atoms with Crippen LogP contribution in [-0.2, 0) is 13.0 Å². The van der Waals surface area contributed by atoms with E-state index in [9.17, 15) is 0 Å². The van der Waals surface area contributed by atoms with Crippen molar-refractivity contribution < 1.29 is 0 Å². The number of aryl methyl sites for hydroxylation is 1. The number of hydrogen-bond acceptors (Lipinski definition) is 5. The number of aliphatic imine (C=N–C) groups is 1. The van der Waals surface area contributed by atoms with Crippen LogP contribution >= 0.6 is 23.4 Å². The van der Waals surface area contributed by atoms with Crippen LogP contribution in [0.5, 0.6) is 0 Å². The molecule has 1 aromatic carbocycles. The second-order valence-electron chi connectivity index (χ2n) is 7.64. The van der Waals surface area contributed by atoms with Gasteiger partial charge in [-0.3, -0.25) is 4.99 Å². The fraction of sp³-hybridized carbons (Fsp3) is 0.381. The van der Waals surface area contributed by atoms with Crippen molar-refractivity contribution in [3.05, 3.63) is 45.7 Å². The lowest BCUT2D eigenvalue weighted by Gasteiger charge is -2.32. The van der Waals surface area contributed by atoms with Gasteiger partial charge in [0.15, 0.2) is 5.16 Å². The van der Waals surface area contributed by atoms with E-state index in [0.29, 0.717) is 5.92 Å². The monoisotopic (exact) mass is 411 g/mol. The van der Waals surface area contributed by atoms with Crippen molar-refractivity contribution in [1.82, 2.24) is 15.0 Å². The molecule has 3 aromatic rings. The molecule has 0 bridgehead atoms. The Balaban J connectivity index is 1.55. The number of halogens is 1. The number of aromatic nitrogens is 3. The molecule has 1 fully saturated rings. The van der Waals surface area contributed by atoms with Crippen molar-refractivity contribution in [2.75, 3.05) is 0 Å². The molecule has 2 aromatic heterocycles. The third-order valence-corrected chi connectivity index (χ3v) is 7.02. The Labute approximate surface area is 173 Å². The minimum Gasteiger partial charge on any atom is -0.342 e. The second-order valence-corrected chi connectivity index (χ2v) is 9.06. The second kappa shape index (κ2) is 6.87. The number of benzene rings is 1. The van der Waals surface area contributed by atoms with Gasteiger partial charge in [-0.05, 0) is 55.6 Å². The summed E-state index contributed by atoms with van der Waals surface area (Å²) >= 11 is 8.24. The van der Waals surface area contributed by atoms with Gasteiger partial charge >= 0.3 is 0 Å². The number of hydrogen-bond donors (Lipinski definition) is 2. The van der Waals surface area contributed by atoms with Crippen molar-refractivity contribution in [3.63, 3.8) is 0 Å². The topological polar surface area (TPSA) is 80.0 Å². The Kier molecular flexibility index (Phi) is 4.45. The predicted molar refractivity (Wildman–Crippen MR) is 115 cm³/mol. The van der Waals surface area contributed by atoms with E-state index in [1.54, 1.807) is 11.8 Å². The smallest absolute Gasteiger partial charge is 0.194 e. The minimum atomic E-state index is 0.259. The van der Waals surface area contributed by atoms with E-state index in [4.69, 9.17) is 27.3 Å². The van der Waals surface area contributed by atoms with Crippen molar-refractivity contribution in [2.24, 2.45) is 10.7 Å². The SMILES string of the molecule is CCc1[nH]c2nc(Sc3ccc4c(c3)CN=C4C)nc(C3CC(N)C3)c2c1Cl. The van der Waals surface area contributed by atoms with Gasteiger partial charge < -0.3 is 10.7 Å². The summed E-state index contributed by atoms with van der Waals surface area (Å²) in [7, 11) is 0. The fourth-order valence-electron chi connectivity index (χ4n) is 4.09. The lowest BCUT2D eigenvalue weighted by molar-refractivity contribution is 0.346. The molecule has 1 aliphatic carbocycles. The summed E-state index contributed by atoms with van der Waals surface area (Å²) in [5.74, 6) is 0.355. The largest absolute Gasteiger partial charge is 0.342 e. The summed E-state index contributed by atoms with van der Waals surface area (Å²) in [5, 5.41) is 2.48.